The molecule has 1 aromatic heterocycles. The molecule has 162 valence electrons. The third-order valence-electron chi connectivity index (χ3n) is 4.44. The van der Waals surface area contributed by atoms with E-state index in [-0.39, 0.29) is 11.5 Å². The summed E-state index contributed by atoms with van der Waals surface area (Å²) >= 11 is 5.91. The molecule has 0 unspecified atom stereocenters. The van der Waals surface area contributed by atoms with Gasteiger partial charge in [0.1, 0.15) is 5.69 Å². The van der Waals surface area contributed by atoms with Crippen LogP contribution in [0.2, 0.25) is 5.02 Å². The molecule has 31 heavy (non-hydrogen) atoms. The molecular weight excluding hydrogens is 440 g/mol. The zero-order valence-electron chi connectivity index (χ0n) is 16.9. The van der Waals surface area contributed by atoms with E-state index in [0.29, 0.717) is 22.9 Å². The Morgan fingerprint density at radius 2 is 1.61 bits per heavy atom. The second kappa shape index (κ2) is 9.34. The molecule has 2 aromatic carbocycles. The van der Waals surface area contributed by atoms with E-state index < -0.39 is 16.1 Å². The summed E-state index contributed by atoms with van der Waals surface area (Å²) in [5.74, 6) is -1.07. The molecule has 1 heterocycles. The van der Waals surface area contributed by atoms with Crippen molar-refractivity contribution < 1.29 is 18.0 Å². The molecule has 3 aromatic rings. The average molecular weight is 461 g/mol. The van der Waals surface area contributed by atoms with Crippen molar-refractivity contribution in [1.82, 2.24) is 13.6 Å². The van der Waals surface area contributed by atoms with E-state index in [9.17, 15) is 18.0 Å². The monoisotopic (exact) mass is 460 g/mol. The van der Waals surface area contributed by atoms with Gasteiger partial charge in [-0.2, -0.15) is 12.7 Å². The van der Waals surface area contributed by atoms with Gasteiger partial charge in [0.05, 0.1) is 0 Å². The number of amides is 2. The van der Waals surface area contributed by atoms with Gasteiger partial charge in [-0.15, -0.1) is 0 Å². The summed E-state index contributed by atoms with van der Waals surface area (Å²) in [6.07, 6.45) is 1.81. The molecule has 8 nitrogen and oxygen atoms in total. The number of benzene rings is 2. The van der Waals surface area contributed by atoms with Crippen LogP contribution in [0.4, 0.5) is 5.69 Å². The van der Waals surface area contributed by atoms with Gasteiger partial charge in [0.2, 0.25) is 0 Å². The van der Waals surface area contributed by atoms with E-state index in [2.05, 4.69) is 5.32 Å². The van der Waals surface area contributed by atoms with E-state index in [4.69, 9.17) is 11.6 Å². The first-order valence-electron chi connectivity index (χ1n) is 9.21. The maximum absolute atomic E-state index is 12.7. The predicted octanol–water partition coefficient (Wildman–Crippen LogP) is 2.98. The van der Waals surface area contributed by atoms with Gasteiger partial charge in [-0.25, -0.2) is 4.72 Å². The highest BCUT2D eigenvalue weighted by Crippen LogP contribution is 2.15. The SMILES string of the molecule is CN(C)S(=O)(=O)NC(=O)c1ccc(NC(=O)c2cccn2Cc2ccc(Cl)cc2)cc1. The summed E-state index contributed by atoms with van der Waals surface area (Å²) in [6, 6.07) is 16.8. The van der Waals surface area contributed by atoms with Crippen LogP contribution in [0.5, 0.6) is 0 Å². The Labute approximate surface area is 185 Å². The summed E-state index contributed by atoms with van der Waals surface area (Å²) in [7, 11) is -1.25. The number of carbonyl (C=O) groups excluding carboxylic acids is 2. The molecule has 0 bridgehead atoms. The standard InChI is InChI=1S/C21H21ClN4O4S/c1-25(2)31(29,30)24-20(27)16-7-11-18(12-8-16)23-21(28)19-4-3-13-26(19)14-15-5-9-17(22)10-6-15/h3-13H,14H2,1-2H3,(H,23,28)(H,24,27). The lowest BCUT2D eigenvalue weighted by molar-refractivity contribution is 0.0978. The van der Waals surface area contributed by atoms with Crippen molar-refractivity contribution in [1.29, 1.82) is 0 Å². The largest absolute Gasteiger partial charge is 0.339 e. The van der Waals surface area contributed by atoms with Gasteiger partial charge in [0.15, 0.2) is 0 Å². The van der Waals surface area contributed by atoms with E-state index in [1.165, 1.54) is 38.4 Å². The maximum Gasteiger partial charge on any atom is 0.303 e. The van der Waals surface area contributed by atoms with E-state index in [1.807, 2.05) is 27.6 Å². The minimum absolute atomic E-state index is 0.148. The third kappa shape index (κ3) is 5.72. The number of carbonyl (C=O) groups is 2. The van der Waals surface area contributed by atoms with Crippen molar-refractivity contribution in [3.8, 4) is 0 Å². The van der Waals surface area contributed by atoms with Crippen LogP contribution in [-0.2, 0) is 16.8 Å². The highest BCUT2D eigenvalue weighted by atomic mass is 35.5. The van der Waals surface area contributed by atoms with Crippen molar-refractivity contribution >= 4 is 39.3 Å². The lowest BCUT2D eigenvalue weighted by Crippen LogP contribution is -2.39. The number of nitrogens with zero attached hydrogens (tertiary/aromatic N) is 2. The minimum Gasteiger partial charge on any atom is -0.339 e. The van der Waals surface area contributed by atoms with Crippen molar-refractivity contribution in [3.63, 3.8) is 0 Å². The van der Waals surface area contributed by atoms with Crippen LogP contribution in [0.15, 0.2) is 66.9 Å². The van der Waals surface area contributed by atoms with Crippen LogP contribution in [0.3, 0.4) is 0 Å². The van der Waals surface area contributed by atoms with E-state index in [0.717, 1.165) is 9.87 Å². The number of hydrogen-bond acceptors (Lipinski definition) is 4. The van der Waals surface area contributed by atoms with Crippen LogP contribution < -0.4 is 10.0 Å². The molecular formula is C21H21ClN4O4S. The summed E-state index contributed by atoms with van der Waals surface area (Å²) in [4.78, 5) is 24.8. The fourth-order valence-electron chi connectivity index (χ4n) is 2.71. The van der Waals surface area contributed by atoms with Crippen LogP contribution in [0.1, 0.15) is 26.4 Å². The molecule has 0 spiro atoms. The molecule has 0 fully saturated rings. The molecule has 0 radical (unpaired) electrons. The number of hydrogen-bond donors (Lipinski definition) is 2. The zero-order chi connectivity index (χ0) is 22.6. The summed E-state index contributed by atoms with van der Waals surface area (Å²) in [5.41, 5.74) is 2.08. The Morgan fingerprint density at radius 1 is 0.968 bits per heavy atom. The molecule has 2 N–H and O–H groups in total. The van der Waals surface area contributed by atoms with Gasteiger partial charge in [-0.3, -0.25) is 9.59 Å². The summed E-state index contributed by atoms with van der Waals surface area (Å²) in [6.45, 7) is 0.506. The Kier molecular flexibility index (Phi) is 6.79. The molecule has 0 aliphatic heterocycles. The Bertz CT molecular complexity index is 1190. The summed E-state index contributed by atoms with van der Waals surface area (Å²) < 4.78 is 28.2. The first-order valence-corrected chi connectivity index (χ1v) is 11.0. The Hall–Kier alpha value is -3.14. The van der Waals surface area contributed by atoms with Gasteiger partial charge in [0.25, 0.3) is 11.8 Å². The van der Waals surface area contributed by atoms with Crippen molar-refractivity contribution in [2.24, 2.45) is 0 Å². The minimum atomic E-state index is -3.88. The lowest BCUT2D eigenvalue weighted by Gasteiger charge is -2.13. The van der Waals surface area contributed by atoms with Gasteiger partial charge in [-0.05, 0) is 54.1 Å². The molecule has 3 rings (SSSR count). The second-order valence-corrected chi connectivity index (χ2v) is 9.22. The van der Waals surface area contributed by atoms with Crippen LogP contribution in [-0.4, -0.2) is 43.2 Å². The van der Waals surface area contributed by atoms with Gasteiger partial charge >= 0.3 is 10.2 Å². The van der Waals surface area contributed by atoms with Gasteiger partial charge in [-0.1, -0.05) is 23.7 Å². The topological polar surface area (TPSA) is 101 Å². The number of halogens is 1. The van der Waals surface area contributed by atoms with E-state index in [1.54, 1.807) is 24.3 Å². The predicted molar refractivity (Wildman–Crippen MR) is 119 cm³/mol. The van der Waals surface area contributed by atoms with E-state index >= 15 is 0 Å². The van der Waals surface area contributed by atoms with Crippen LogP contribution >= 0.6 is 11.6 Å². The molecule has 0 aliphatic carbocycles. The quantitative estimate of drug-likeness (QED) is 0.566. The zero-order valence-corrected chi connectivity index (χ0v) is 18.4. The molecule has 0 atom stereocenters. The normalized spacial score (nSPS) is 11.4. The lowest BCUT2D eigenvalue weighted by atomic mass is 10.2. The maximum atomic E-state index is 12.7. The Morgan fingerprint density at radius 3 is 2.23 bits per heavy atom. The van der Waals surface area contributed by atoms with Crippen molar-refractivity contribution in [2.45, 2.75) is 6.54 Å². The van der Waals surface area contributed by atoms with Crippen molar-refractivity contribution in [2.75, 3.05) is 19.4 Å². The Balaban J connectivity index is 1.67. The van der Waals surface area contributed by atoms with Crippen LogP contribution in [0, 0.1) is 0 Å². The molecule has 10 heteroatoms. The fourth-order valence-corrected chi connectivity index (χ4v) is 3.37. The molecule has 0 aliphatic rings. The number of aromatic nitrogens is 1. The smallest absolute Gasteiger partial charge is 0.303 e. The highest BCUT2D eigenvalue weighted by Gasteiger charge is 2.18. The first-order chi connectivity index (χ1) is 14.7. The fraction of sp³-hybridized carbons (Fsp3) is 0.143. The second-order valence-electron chi connectivity index (χ2n) is 6.90. The summed E-state index contributed by atoms with van der Waals surface area (Å²) in [5, 5.41) is 3.42. The van der Waals surface area contributed by atoms with Crippen molar-refractivity contribution in [3.05, 3.63) is 88.7 Å². The number of nitrogens with one attached hydrogen (secondary N) is 2. The molecule has 0 saturated carbocycles. The van der Waals surface area contributed by atoms with Crippen LogP contribution in [0.25, 0.3) is 0 Å². The third-order valence-corrected chi connectivity index (χ3v) is 6.09. The van der Waals surface area contributed by atoms with Gasteiger partial charge in [0, 0.05) is 43.1 Å². The molecule has 0 saturated heterocycles. The highest BCUT2D eigenvalue weighted by molar-refractivity contribution is 7.87. The average Bonchev–Trinajstić information content (AvgIpc) is 3.18. The first kappa shape index (κ1) is 22.5. The number of anilines is 1. The molecule has 2 amide bonds. The number of rotatable bonds is 7. The van der Waals surface area contributed by atoms with Gasteiger partial charge < -0.3 is 9.88 Å².